The molecule has 0 amide bonds. The smallest absolute Gasteiger partial charge is 0.305 e. The van der Waals surface area contributed by atoms with Gasteiger partial charge >= 0.3 is 5.97 Å². The van der Waals surface area contributed by atoms with Gasteiger partial charge in [-0.2, -0.15) is 0 Å². The van der Waals surface area contributed by atoms with Crippen LogP contribution in [-0.4, -0.2) is 31.4 Å². The number of ether oxygens (including phenoxy) is 2. The number of carbonyl (C=O) groups excluding carboxylic acids is 1. The minimum Gasteiger partial charge on any atom is -0.491 e. The van der Waals surface area contributed by atoms with Crippen LogP contribution in [0.1, 0.15) is 18.4 Å². The van der Waals surface area contributed by atoms with Crippen molar-refractivity contribution in [2.24, 2.45) is 0 Å². The molecule has 0 saturated carbocycles. The van der Waals surface area contributed by atoms with Gasteiger partial charge < -0.3 is 14.6 Å². The van der Waals surface area contributed by atoms with Gasteiger partial charge in [-0.25, -0.2) is 0 Å². The Balaban J connectivity index is 1.92. The Morgan fingerprint density at radius 3 is 2.17 bits per heavy atom. The summed E-state index contributed by atoms with van der Waals surface area (Å²) < 4.78 is 9.99. The van der Waals surface area contributed by atoms with Crippen molar-refractivity contribution in [1.82, 2.24) is 0 Å². The Kier molecular flexibility index (Phi) is 6.63. The number of aliphatic hydroxyl groups excluding tert-OH is 1. The predicted octanol–water partition coefficient (Wildman–Crippen LogP) is 3.22. The lowest BCUT2D eigenvalue weighted by Crippen LogP contribution is -2.01. The highest BCUT2D eigenvalue weighted by Crippen LogP contribution is 2.23. The van der Waals surface area contributed by atoms with Crippen molar-refractivity contribution >= 4 is 5.97 Å². The minimum atomic E-state index is -0.162. The highest BCUT2D eigenvalue weighted by molar-refractivity contribution is 5.69. The number of methoxy groups -OCH3 is 1. The molecule has 0 atom stereocenters. The lowest BCUT2D eigenvalue weighted by molar-refractivity contribution is -0.140. The lowest BCUT2D eigenvalue weighted by Gasteiger charge is -2.07. The molecule has 2 rings (SSSR count). The minimum absolute atomic E-state index is 0.0131. The van der Waals surface area contributed by atoms with E-state index in [1.165, 1.54) is 12.7 Å². The average Bonchev–Trinajstić information content (AvgIpc) is 2.61. The van der Waals surface area contributed by atoms with E-state index in [4.69, 9.17) is 9.84 Å². The van der Waals surface area contributed by atoms with E-state index in [1.54, 1.807) is 0 Å². The van der Waals surface area contributed by atoms with Crippen LogP contribution in [-0.2, 0) is 16.0 Å². The zero-order valence-corrected chi connectivity index (χ0v) is 13.3. The number of aryl methyl sites for hydroxylation is 1. The van der Waals surface area contributed by atoms with Crippen molar-refractivity contribution in [3.63, 3.8) is 0 Å². The third-order valence-electron chi connectivity index (χ3n) is 3.58. The molecule has 2 aromatic rings. The van der Waals surface area contributed by atoms with Crippen molar-refractivity contribution in [1.29, 1.82) is 0 Å². The van der Waals surface area contributed by atoms with Gasteiger partial charge in [0.25, 0.3) is 0 Å². The van der Waals surface area contributed by atoms with E-state index in [2.05, 4.69) is 29.0 Å². The summed E-state index contributed by atoms with van der Waals surface area (Å²) in [6, 6.07) is 16.1. The second-order valence-electron chi connectivity index (χ2n) is 5.22. The summed E-state index contributed by atoms with van der Waals surface area (Å²) in [4.78, 5) is 11.1. The van der Waals surface area contributed by atoms with E-state index in [1.807, 2.05) is 24.3 Å². The summed E-state index contributed by atoms with van der Waals surface area (Å²) in [5.74, 6) is 0.590. The third-order valence-corrected chi connectivity index (χ3v) is 3.58. The Morgan fingerprint density at radius 2 is 1.61 bits per heavy atom. The molecular weight excluding hydrogens is 292 g/mol. The molecule has 0 fully saturated rings. The number of aliphatic hydroxyl groups is 1. The fraction of sp³-hybridized carbons (Fsp3) is 0.316. The van der Waals surface area contributed by atoms with E-state index < -0.39 is 0 Å². The summed E-state index contributed by atoms with van der Waals surface area (Å²) in [6.07, 6.45) is 2.11. The zero-order chi connectivity index (χ0) is 16.5. The molecule has 0 bridgehead atoms. The molecule has 0 unspecified atom stereocenters. The SMILES string of the molecule is COC(=O)CCCc1ccc(-c2ccc(OCCO)cc2)cc1. The second-order valence-corrected chi connectivity index (χ2v) is 5.22. The number of benzene rings is 2. The van der Waals surface area contributed by atoms with Gasteiger partial charge in [0.05, 0.1) is 13.7 Å². The topological polar surface area (TPSA) is 55.8 Å². The maximum absolute atomic E-state index is 11.1. The standard InChI is InChI=1S/C19H22O4/c1-22-19(21)4-2-3-15-5-7-16(8-6-15)17-9-11-18(12-10-17)23-14-13-20/h5-12,20H,2-4,13-14H2,1H3. The fourth-order valence-corrected chi connectivity index (χ4v) is 2.31. The molecule has 0 spiro atoms. The van der Waals surface area contributed by atoms with Crippen LogP contribution in [0.4, 0.5) is 0 Å². The van der Waals surface area contributed by atoms with E-state index in [9.17, 15) is 4.79 Å². The van der Waals surface area contributed by atoms with Crippen LogP contribution in [0.25, 0.3) is 11.1 Å². The first-order valence-corrected chi connectivity index (χ1v) is 7.73. The van der Waals surface area contributed by atoms with Gasteiger partial charge in [0.1, 0.15) is 12.4 Å². The van der Waals surface area contributed by atoms with E-state index in [-0.39, 0.29) is 12.6 Å². The van der Waals surface area contributed by atoms with Gasteiger partial charge in [0.15, 0.2) is 0 Å². The summed E-state index contributed by atoms with van der Waals surface area (Å²) in [7, 11) is 1.41. The molecule has 0 aliphatic heterocycles. The first-order chi connectivity index (χ1) is 11.2. The number of carbonyl (C=O) groups is 1. The first-order valence-electron chi connectivity index (χ1n) is 7.73. The fourth-order valence-electron chi connectivity index (χ4n) is 2.31. The van der Waals surface area contributed by atoms with Crippen LogP contribution in [0.2, 0.25) is 0 Å². The van der Waals surface area contributed by atoms with Crippen LogP contribution < -0.4 is 4.74 Å². The van der Waals surface area contributed by atoms with Crippen LogP contribution in [0.5, 0.6) is 5.75 Å². The number of hydrogen-bond acceptors (Lipinski definition) is 4. The molecule has 0 aliphatic rings. The van der Waals surface area contributed by atoms with Gasteiger partial charge in [-0.3, -0.25) is 4.79 Å². The maximum atomic E-state index is 11.1. The van der Waals surface area contributed by atoms with Crippen molar-refractivity contribution in [3.05, 3.63) is 54.1 Å². The molecule has 122 valence electrons. The molecule has 0 aromatic heterocycles. The van der Waals surface area contributed by atoms with Gasteiger partial charge in [-0.15, -0.1) is 0 Å². The van der Waals surface area contributed by atoms with E-state index in [0.717, 1.165) is 29.7 Å². The second kappa shape index (κ2) is 8.96. The van der Waals surface area contributed by atoms with Crippen LogP contribution >= 0.6 is 0 Å². The largest absolute Gasteiger partial charge is 0.491 e. The first kappa shape index (κ1) is 17.0. The van der Waals surface area contributed by atoms with E-state index >= 15 is 0 Å². The number of esters is 1. The van der Waals surface area contributed by atoms with Gasteiger partial charge in [-0.1, -0.05) is 36.4 Å². The van der Waals surface area contributed by atoms with Gasteiger partial charge in [0, 0.05) is 6.42 Å². The predicted molar refractivity (Wildman–Crippen MR) is 89.4 cm³/mol. The lowest BCUT2D eigenvalue weighted by atomic mass is 10.0. The summed E-state index contributed by atoms with van der Waals surface area (Å²) in [5.41, 5.74) is 3.46. The molecule has 1 N–H and O–H groups in total. The van der Waals surface area contributed by atoms with Crippen LogP contribution in [0, 0.1) is 0 Å². The van der Waals surface area contributed by atoms with Crippen molar-refractivity contribution in [3.8, 4) is 16.9 Å². The molecular formula is C19H22O4. The van der Waals surface area contributed by atoms with Gasteiger partial charge in [0.2, 0.25) is 0 Å². The zero-order valence-electron chi connectivity index (χ0n) is 13.3. The Bertz CT molecular complexity index is 602. The normalized spacial score (nSPS) is 10.3. The maximum Gasteiger partial charge on any atom is 0.305 e. The molecule has 4 nitrogen and oxygen atoms in total. The Labute approximate surface area is 136 Å². The van der Waals surface area contributed by atoms with E-state index in [0.29, 0.717) is 13.0 Å². The Hall–Kier alpha value is -2.33. The molecule has 23 heavy (non-hydrogen) atoms. The summed E-state index contributed by atoms with van der Waals surface area (Å²) in [5, 5.41) is 8.74. The quantitative estimate of drug-likeness (QED) is 0.760. The summed E-state index contributed by atoms with van der Waals surface area (Å²) >= 11 is 0. The highest BCUT2D eigenvalue weighted by Gasteiger charge is 2.02. The number of hydrogen-bond donors (Lipinski definition) is 1. The molecule has 0 saturated heterocycles. The van der Waals surface area contributed by atoms with Crippen LogP contribution in [0.3, 0.4) is 0 Å². The van der Waals surface area contributed by atoms with Crippen molar-refractivity contribution in [2.45, 2.75) is 19.3 Å². The van der Waals surface area contributed by atoms with Crippen molar-refractivity contribution < 1.29 is 19.4 Å². The highest BCUT2D eigenvalue weighted by atomic mass is 16.5. The van der Waals surface area contributed by atoms with Gasteiger partial charge in [-0.05, 0) is 41.7 Å². The molecule has 0 aliphatic carbocycles. The summed E-state index contributed by atoms with van der Waals surface area (Å²) in [6.45, 7) is 0.318. The Morgan fingerprint density at radius 1 is 1.00 bits per heavy atom. The van der Waals surface area contributed by atoms with Crippen molar-refractivity contribution in [2.75, 3.05) is 20.3 Å². The molecule has 4 heteroatoms. The molecule has 0 radical (unpaired) electrons. The molecule has 0 heterocycles. The average molecular weight is 314 g/mol. The number of rotatable bonds is 8. The third kappa shape index (κ3) is 5.42. The monoisotopic (exact) mass is 314 g/mol. The molecule has 2 aromatic carbocycles. The van der Waals surface area contributed by atoms with Crippen LogP contribution in [0.15, 0.2) is 48.5 Å².